The van der Waals surface area contributed by atoms with Gasteiger partial charge in [-0.3, -0.25) is 14.4 Å². The highest BCUT2D eigenvalue weighted by molar-refractivity contribution is 7.98. The zero-order valence-corrected chi connectivity index (χ0v) is 6.18. The molecule has 5 heteroatoms. The van der Waals surface area contributed by atoms with Gasteiger partial charge in [0.05, 0.1) is 7.11 Å². The topological polar surface area (TPSA) is 60.4 Å². The molecule has 0 radical (unpaired) electrons. The largest absolute Gasteiger partial charge is 0.469 e. The van der Waals surface area contributed by atoms with Crippen LogP contribution in [0.4, 0.5) is 0 Å². The summed E-state index contributed by atoms with van der Waals surface area (Å²) in [6, 6.07) is 0. The summed E-state index contributed by atoms with van der Waals surface area (Å²) in [5.41, 5.74) is 0. The Morgan fingerprint density at radius 1 is 1.40 bits per heavy atom. The molecule has 0 aromatic heterocycles. The van der Waals surface area contributed by atoms with Gasteiger partial charge in [0, 0.05) is 0 Å². The normalized spacial score (nSPS) is 8.60. The fraction of sp³-hybridized carbons (Fsp3) is 0.400. The number of thiol groups is 1. The Hall–Kier alpha value is -0.840. The molecule has 0 fully saturated rings. The third-order valence-electron chi connectivity index (χ3n) is 0.771. The minimum Gasteiger partial charge on any atom is -0.469 e. The minimum absolute atomic E-state index is 0.529. The molecule has 0 spiro atoms. The molecule has 0 bridgehead atoms. The predicted octanol–water partition coefficient (Wildman–Crippen LogP) is -0.425. The monoisotopic (exact) mass is 162 g/mol. The Kier molecular flexibility index (Phi) is 3.71. The molecular formula is C5H6O4S. The smallest absolute Gasteiger partial charge is 0.313 e. The highest BCUT2D eigenvalue weighted by Crippen LogP contribution is 1.90. The fourth-order valence-corrected chi connectivity index (χ4v) is 0.358. The first kappa shape index (κ1) is 9.16. The number of ether oxygens (including phenoxy) is 1. The standard InChI is InChI=1S/C5H6O4S/c1-9-4(7)2-3(6)5(8)10/h2H2,1H3,(H,8,10). The molecule has 10 heavy (non-hydrogen) atoms. The number of methoxy groups -OCH3 is 1. The average molecular weight is 162 g/mol. The van der Waals surface area contributed by atoms with Gasteiger partial charge in [-0.25, -0.2) is 0 Å². The molecule has 0 rings (SSSR count). The molecular weight excluding hydrogens is 156 g/mol. The van der Waals surface area contributed by atoms with E-state index in [0.29, 0.717) is 0 Å². The maximum absolute atomic E-state index is 10.4. The van der Waals surface area contributed by atoms with Crippen LogP contribution in [0.1, 0.15) is 6.42 Å². The van der Waals surface area contributed by atoms with Gasteiger partial charge < -0.3 is 4.74 Å². The molecule has 0 N–H and O–H groups in total. The van der Waals surface area contributed by atoms with Crippen molar-refractivity contribution in [3.8, 4) is 0 Å². The molecule has 0 heterocycles. The van der Waals surface area contributed by atoms with Gasteiger partial charge in [-0.2, -0.15) is 0 Å². The second-order valence-corrected chi connectivity index (χ2v) is 1.89. The predicted molar refractivity (Wildman–Crippen MR) is 35.6 cm³/mol. The molecule has 0 unspecified atom stereocenters. The Bertz CT molecular complexity index is 174. The lowest BCUT2D eigenvalue weighted by Gasteiger charge is -1.92. The number of rotatable bonds is 3. The first-order valence-corrected chi connectivity index (χ1v) is 2.85. The molecule has 0 aliphatic carbocycles. The van der Waals surface area contributed by atoms with Crippen LogP contribution in [-0.4, -0.2) is 24.0 Å². The van der Waals surface area contributed by atoms with E-state index in [9.17, 15) is 14.4 Å². The summed E-state index contributed by atoms with van der Waals surface area (Å²) in [5, 5.41) is -0.926. The van der Waals surface area contributed by atoms with Crippen molar-refractivity contribution in [2.75, 3.05) is 7.11 Å². The third kappa shape index (κ3) is 3.24. The van der Waals surface area contributed by atoms with E-state index in [1.54, 1.807) is 0 Å². The fourth-order valence-electron chi connectivity index (χ4n) is 0.279. The van der Waals surface area contributed by atoms with Crippen molar-refractivity contribution in [3.05, 3.63) is 0 Å². The van der Waals surface area contributed by atoms with Crippen molar-refractivity contribution >= 4 is 29.5 Å². The summed E-state index contributed by atoms with van der Waals surface area (Å²) in [5.74, 6) is -1.58. The van der Waals surface area contributed by atoms with Gasteiger partial charge in [0.25, 0.3) is 5.12 Å². The summed E-state index contributed by atoms with van der Waals surface area (Å²) >= 11 is 3.21. The van der Waals surface area contributed by atoms with Crippen LogP contribution in [-0.2, 0) is 19.1 Å². The van der Waals surface area contributed by atoms with Gasteiger partial charge in [-0.1, -0.05) is 12.6 Å². The SMILES string of the molecule is COC(=O)CC(=O)C(=O)S. The highest BCUT2D eigenvalue weighted by Gasteiger charge is 2.13. The summed E-state index contributed by atoms with van der Waals surface area (Å²) in [7, 11) is 1.14. The lowest BCUT2D eigenvalue weighted by molar-refractivity contribution is -0.145. The van der Waals surface area contributed by atoms with E-state index >= 15 is 0 Å². The Balaban J connectivity index is 3.80. The molecule has 0 amide bonds. The Morgan fingerprint density at radius 2 is 1.90 bits per heavy atom. The van der Waals surface area contributed by atoms with Crippen LogP contribution in [0.5, 0.6) is 0 Å². The molecule has 0 aromatic rings. The van der Waals surface area contributed by atoms with Crippen molar-refractivity contribution in [1.82, 2.24) is 0 Å². The van der Waals surface area contributed by atoms with Crippen molar-refractivity contribution in [2.24, 2.45) is 0 Å². The van der Waals surface area contributed by atoms with Crippen LogP contribution in [0, 0.1) is 0 Å². The van der Waals surface area contributed by atoms with E-state index in [1.165, 1.54) is 0 Å². The number of carbonyl (C=O) groups is 3. The third-order valence-corrected chi connectivity index (χ3v) is 1.02. The molecule has 0 atom stereocenters. The van der Waals surface area contributed by atoms with Gasteiger partial charge in [-0.15, -0.1) is 0 Å². The number of Topliss-reactive ketones (excluding diaryl/α,β-unsaturated/α-hetero) is 1. The van der Waals surface area contributed by atoms with Crippen LogP contribution < -0.4 is 0 Å². The summed E-state index contributed by atoms with van der Waals surface area (Å²) in [6.07, 6.45) is -0.529. The van der Waals surface area contributed by atoms with Crippen LogP contribution >= 0.6 is 12.6 Å². The van der Waals surface area contributed by atoms with Crippen LogP contribution in [0.15, 0.2) is 0 Å². The number of esters is 1. The number of ketones is 1. The average Bonchev–Trinajstić information content (AvgIpc) is 1.87. The molecule has 0 aromatic carbocycles. The number of hydrogen-bond acceptors (Lipinski definition) is 4. The van der Waals surface area contributed by atoms with Crippen molar-refractivity contribution in [1.29, 1.82) is 0 Å². The van der Waals surface area contributed by atoms with E-state index in [1.807, 2.05) is 0 Å². The highest BCUT2D eigenvalue weighted by atomic mass is 32.1. The van der Waals surface area contributed by atoms with E-state index < -0.39 is 23.3 Å². The van der Waals surface area contributed by atoms with Crippen molar-refractivity contribution in [2.45, 2.75) is 6.42 Å². The van der Waals surface area contributed by atoms with Crippen LogP contribution in [0.2, 0.25) is 0 Å². The Morgan fingerprint density at radius 3 is 2.20 bits per heavy atom. The van der Waals surface area contributed by atoms with E-state index in [0.717, 1.165) is 7.11 Å². The lowest BCUT2D eigenvalue weighted by Crippen LogP contribution is -2.14. The van der Waals surface area contributed by atoms with Gasteiger partial charge in [0.2, 0.25) is 5.78 Å². The molecule has 4 nitrogen and oxygen atoms in total. The van der Waals surface area contributed by atoms with E-state index in [-0.39, 0.29) is 0 Å². The van der Waals surface area contributed by atoms with Gasteiger partial charge in [0.15, 0.2) is 0 Å². The molecule has 56 valence electrons. The molecule has 0 saturated heterocycles. The second-order valence-electron chi connectivity index (χ2n) is 1.48. The lowest BCUT2D eigenvalue weighted by atomic mass is 10.3. The zero-order chi connectivity index (χ0) is 8.15. The minimum atomic E-state index is -0.926. The summed E-state index contributed by atoms with van der Waals surface area (Å²) < 4.78 is 4.13. The van der Waals surface area contributed by atoms with Crippen LogP contribution in [0.3, 0.4) is 0 Å². The number of carbonyl (C=O) groups excluding carboxylic acids is 3. The second kappa shape index (κ2) is 4.05. The van der Waals surface area contributed by atoms with Gasteiger partial charge in [0.1, 0.15) is 6.42 Å². The molecule has 0 saturated carbocycles. The molecule has 0 aliphatic rings. The summed E-state index contributed by atoms with van der Waals surface area (Å²) in [4.78, 5) is 30.8. The maximum atomic E-state index is 10.4. The van der Waals surface area contributed by atoms with Crippen LogP contribution in [0.25, 0.3) is 0 Å². The zero-order valence-electron chi connectivity index (χ0n) is 5.29. The van der Waals surface area contributed by atoms with Gasteiger partial charge >= 0.3 is 5.97 Å². The first-order chi connectivity index (χ1) is 4.57. The van der Waals surface area contributed by atoms with Crippen molar-refractivity contribution < 1.29 is 19.1 Å². The summed E-state index contributed by atoms with van der Waals surface area (Å²) in [6.45, 7) is 0. The molecule has 0 aliphatic heterocycles. The maximum Gasteiger partial charge on any atom is 0.313 e. The van der Waals surface area contributed by atoms with Crippen molar-refractivity contribution in [3.63, 3.8) is 0 Å². The van der Waals surface area contributed by atoms with E-state index in [4.69, 9.17) is 0 Å². The van der Waals surface area contributed by atoms with Gasteiger partial charge in [-0.05, 0) is 0 Å². The Labute approximate surface area is 63.0 Å². The quantitative estimate of drug-likeness (QED) is 0.265. The first-order valence-electron chi connectivity index (χ1n) is 2.41. The number of hydrogen-bond donors (Lipinski definition) is 1. The van der Waals surface area contributed by atoms with E-state index in [2.05, 4.69) is 17.4 Å².